The van der Waals surface area contributed by atoms with E-state index in [0.717, 1.165) is 0 Å². The van der Waals surface area contributed by atoms with Gasteiger partial charge in [-0.1, -0.05) is 0 Å². The number of halogens is 3. The number of nitrogens with zero attached hydrogens (tertiary/aromatic N) is 1. The van der Waals surface area contributed by atoms with E-state index in [1.807, 2.05) is 0 Å². The molecule has 0 aliphatic heterocycles. The number of hydrogen-bond donors (Lipinski definition) is 2. The number of amides is 1. The SMILES string of the molecule is CNc1ccnc(C(=O)NCC(F)(F)F)c1. The minimum atomic E-state index is -4.42. The number of aromatic nitrogens is 1. The summed E-state index contributed by atoms with van der Waals surface area (Å²) in [4.78, 5) is 14.9. The molecule has 0 fully saturated rings. The Morgan fingerprint density at radius 3 is 2.75 bits per heavy atom. The highest BCUT2D eigenvalue weighted by Gasteiger charge is 2.28. The molecule has 0 aromatic carbocycles. The number of rotatable bonds is 3. The van der Waals surface area contributed by atoms with Gasteiger partial charge in [0.1, 0.15) is 12.2 Å². The third-order valence-corrected chi connectivity index (χ3v) is 1.73. The average Bonchev–Trinajstić information content (AvgIpc) is 2.25. The maximum atomic E-state index is 11.8. The monoisotopic (exact) mass is 233 g/mol. The summed E-state index contributed by atoms with van der Waals surface area (Å²) in [5, 5.41) is 4.49. The van der Waals surface area contributed by atoms with Gasteiger partial charge in [0.15, 0.2) is 0 Å². The molecule has 0 radical (unpaired) electrons. The van der Waals surface area contributed by atoms with Crippen LogP contribution in [0.4, 0.5) is 18.9 Å². The van der Waals surface area contributed by atoms with Gasteiger partial charge in [0.25, 0.3) is 5.91 Å². The van der Waals surface area contributed by atoms with Crippen LogP contribution in [0.2, 0.25) is 0 Å². The summed E-state index contributed by atoms with van der Waals surface area (Å²) in [5.74, 6) is -0.852. The van der Waals surface area contributed by atoms with Crippen molar-refractivity contribution >= 4 is 11.6 Å². The molecule has 0 bridgehead atoms. The van der Waals surface area contributed by atoms with E-state index >= 15 is 0 Å². The maximum Gasteiger partial charge on any atom is 0.405 e. The molecule has 0 aliphatic carbocycles. The van der Waals surface area contributed by atoms with Gasteiger partial charge in [-0.05, 0) is 12.1 Å². The van der Waals surface area contributed by atoms with Crippen molar-refractivity contribution in [3.63, 3.8) is 0 Å². The molecule has 1 amide bonds. The Labute approximate surface area is 89.9 Å². The zero-order chi connectivity index (χ0) is 12.2. The molecule has 0 unspecified atom stereocenters. The summed E-state index contributed by atoms with van der Waals surface area (Å²) in [6, 6.07) is 2.96. The molecule has 0 saturated carbocycles. The molecule has 0 atom stereocenters. The zero-order valence-corrected chi connectivity index (χ0v) is 8.43. The summed E-state index contributed by atoms with van der Waals surface area (Å²) < 4.78 is 35.5. The molecule has 0 aliphatic rings. The summed E-state index contributed by atoms with van der Waals surface area (Å²) >= 11 is 0. The van der Waals surface area contributed by atoms with E-state index in [1.54, 1.807) is 18.4 Å². The fourth-order valence-electron chi connectivity index (χ4n) is 0.981. The minimum Gasteiger partial charge on any atom is -0.388 e. The molecule has 4 nitrogen and oxygen atoms in total. The Bertz CT molecular complexity index is 379. The first-order chi connectivity index (χ1) is 7.42. The van der Waals surface area contributed by atoms with Gasteiger partial charge in [0.2, 0.25) is 0 Å². The van der Waals surface area contributed by atoms with Crippen LogP contribution in [-0.2, 0) is 0 Å². The van der Waals surface area contributed by atoms with Crippen molar-refractivity contribution in [2.24, 2.45) is 0 Å². The predicted octanol–water partition coefficient (Wildman–Crippen LogP) is 1.42. The Kier molecular flexibility index (Phi) is 3.70. The van der Waals surface area contributed by atoms with E-state index in [4.69, 9.17) is 0 Å². The molecule has 2 N–H and O–H groups in total. The van der Waals surface area contributed by atoms with Gasteiger partial charge < -0.3 is 10.6 Å². The number of pyridine rings is 1. The second-order valence-electron chi connectivity index (χ2n) is 2.98. The Morgan fingerprint density at radius 2 is 2.19 bits per heavy atom. The largest absolute Gasteiger partial charge is 0.405 e. The number of hydrogen-bond acceptors (Lipinski definition) is 3. The van der Waals surface area contributed by atoms with Crippen LogP contribution in [0, 0.1) is 0 Å². The molecule has 1 aromatic heterocycles. The van der Waals surface area contributed by atoms with E-state index < -0.39 is 18.6 Å². The van der Waals surface area contributed by atoms with Gasteiger partial charge in [0.05, 0.1) is 0 Å². The van der Waals surface area contributed by atoms with Crippen LogP contribution >= 0.6 is 0 Å². The van der Waals surface area contributed by atoms with E-state index in [2.05, 4.69) is 10.3 Å². The van der Waals surface area contributed by atoms with Crippen LogP contribution in [0.15, 0.2) is 18.3 Å². The first-order valence-electron chi connectivity index (χ1n) is 4.41. The number of anilines is 1. The molecule has 88 valence electrons. The highest BCUT2D eigenvalue weighted by Crippen LogP contribution is 2.13. The lowest BCUT2D eigenvalue weighted by molar-refractivity contribution is -0.123. The Morgan fingerprint density at radius 1 is 1.50 bits per heavy atom. The highest BCUT2D eigenvalue weighted by molar-refractivity contribution is 5.93. The number of nitrogens with one attached hydrogen (secondary N) is 2. The Balaban J connectivity index is 2.66. The molecule has 7 heteroatoms. The molecular weight excluding hydrogens is 223 g/mol. The number of carbonyl (C=O) groups is 1. The van der Waals surface area contributed by atoms with Gasteiger partial charge >= 0.3 is 6.18 Å². The molecule has 16 heavy (non-hydrogen) atoms. The van der Waals surface area contributed by atoms with Crippen LogP contribution in [0.25, 0.3) is 0 Å². The summed E-state index contributed by atoms with van der Waals surface area (Å²) in [6.07, 6.45) is -3.08. The lowest BCUT2D eigenvalue weighted by atomic mass is 10.3. The predicted molar refractivity (Wildman–Crippen MR) is 52.2 cm³/mol. The molecule has 0 spiro atoms. The van der Waals surface area contributed by atoms with E-state index in [-0.39, 0.29) is 5.69 Å². The van der Waals surface area contributed by atoms with Crippen molar-refractivity contribution in [2.75, 3.05) is 18.9 Å². The van der Waals surface area contributed by atoms with Gasteiger partial charge in [0, 0.05) is 18.9 Å². The molecule has 1 aromatic rings. The van der Waals surface area contributed by atoms with E-state index in [0.29, 0.717) is 5.69 Å². The average molecular weight is 233 g/mol. The lowest BCUT2D eigenvalue weighted by Gasteiger charge is -2.08. The number of carbonyl (C=O) groups excluding carboxylic acids is 1. The molecule has 1 heterocycles. The minimum absolute atomic E-state index is 0.0592. The quantitative estimate of drug-likeness (QED) is 0.830. The first-order valence-corrected chi connectivity index (χ1v) is 4.41. The van der Waals surface area contributed by atoms with Gasteiger partial charge in [-0.3, -0.25) is 9.78 Å². The summed E-state index contributed by atoms with van der Waals surface area (Å²) in [7, 11) is 1.63. The van der Waals surface area contributed by atoms with Crippen LogP contribution in [-0.4, -0.2) is 30.7 Å². The normalized spacial score (nSPS) is 11.0. The summed E-state index contributed by atoms with van der Waals surface area (Å²) in [5.41, 5.74) is 0.545. The first kappa shape index (κ1) is 12.3. The van der Waals surface area contributed by atoms with Crippen molar-refractivity contribution < 1.29 is 18.0 Å². The lowest BCUT2D eigenvalue weighted by Crippen LogP contribution is -2.34. The zero-order valence-electron chi connectivity index (χ0n) is 8.43. The molecule has 1 rings (SSSR count). The smallest absolute Gasteiger partial charge is 0.388 e. The van der Waals surface area contributed by atoms with Crippen molar-refractivity contribution in [1.82, 2.24) is 10.3 Å². The fraction of sp³-hybridized carbons (Fsp3) is 0.333. The van der Waals surface area contributed by atoms with Crippen molar-refractivity contribution in [2.45, 2.75) is 6.18 Å². The third-order valence-electron chi connectivity index (χ3n) is 1.73. The van der Waals surface area contributed by atoms with Crippen LogP contribution in [0.5, 0.6) is 0 Å². The topological polar surface area (TPSA) is 54.0 Å². The van der Waals surface area contributed by atoms with Gasteiger partial charge in [-0.2, -0.15) is 13.2 Å². The van der Waals surface area contributed by atoms with Crippen LogP contribution in [0.1, 0.15) is 10.5 Å². The molecular formula is C9H10F3N3O. The van der Waals surface area contributed by atoms with E-state index in [9.17, 15) is 18.0 Å². The highest BCUT2D eigenvalue weighted by atomic mass is 19.4. The van der Waals surface area contributed by atoms with Gasteiger partial charge in [-0.25, -0.2) is 0 Å². The third kappa shape index (κ3) is 3.76. The van der Waals surface area contributed by atoms with Crippen molar-refractivity contribution in [1.29, 1.82) is 0 Å². The second kappa shape index (κ2) is 4.82. The summed E-state index contributed by atoms with van der Waals surface area (Å²) in [6.45, 7) is -1.36. The number of alkyl halides is 3. The Hall–Kier alpha value is -1.79. The van der Waals surface area contributed by atoms with E-state index in [1.165, 1.54) is 12.3 Å². The van der Waals surface area contributed by atoms with Gasteiger partial charge in [-0.15, -0.1) is 0 Å². The van der Waals surface area contributed by atoms with Crippen molar-refractivity contribution in [3.8, 4) is 0 Å². The standard InChI is InChI=1S/C9H10F3N3O/c1-13-6-2-3-14-7(4-6)8(16)15-5-9(10,11)12/h2-4H,5H2,1H3,(H,13,14)(H,15,16). The molecule has 0 saturated heterocycles. The fourth-order valence-corrected chi connectivity index (χ4v) is 0.981. The van der Waals surface area contributed by atoms with Crippen LogP contribution in [0.3, 0.4) is 0 Å². The van der Waals surface area contributed by atoms with Crippen LogP contribution < -0.4 is 10.6 Å². The van der Waals surface area contributed by atoms with Crippen molar-refractivity contribution in [3.05, 3.63) is 24.0 Å². The second-order valence-corrected chi connectivity index (χ2v) is 2.98. The maximum absolute atomic E-state index is 11.8.